The fourth-order valence-corrected chi connectivity index (χ4v) is 4.79. The predicted octanol–water partition coefficient (Wildman–Crippen LogP) is 5.02. The van der Waals surface area contributed by atoms with Crippen molar-refractivity contribution in [2.45, 2.75) is 46.5 Å². The van der Waals surface area contributed by atoms with E-state index in [-0.39, 0.29) is 11.9 Å². The van der Waals surface area contributed by atoms with E-state index in [1.165, 1.54) is 29.5 Å². The standard InChI is InChI=1S/C22H27N5OS.CH2O2/c1-22(2,3)11-28-17-9-15(24)13(10-23)8-16(17)27-20-19-14-6-4-5-7-18(14)29-21(19)26-12-25-20;2-1-3/h8-10,12,23H,4-7,11,24H2,1-3H3,(H,25,26,27);1H,(H,2,3). The molecular formula is C23H29N5O3S. The molecule has 0 amide bonds. The highest BCUT2D eigenvalue weighted by atomic mass is 32.1. The molecule has 9 heteroatoms. The third kappa shape index (κ3) is 5.34. The Morgan fingerprint density at radius 1 is 1.28 bits per heavy atom. The van der Waals surface area contributed by atoms with Crippen LogP contribution >= 0.6 is 11.3 Å². The lowest BCUT2D eigenvalue weighted by atomic mass is 9.97. The molecule has 0 aliphatic heterocycles. The molecule has 0 unspecified atom stereocenters. The Labute approximate surface area is 191 Å². The summed E-state index contributed by atoms with van der Waals surface area (Å²) in [6, 6.07) is 3.64. The zero-order valence-corrected chi connectivity index (χ0v) is 19.4. The monoisotopic (exact) mass is 455 g/mol. The average Bonchev–Trinajstić information content (AvgIpc) is 3.13. The third-order valence-corrected chi connectivity index (χ3v) is 6.21. The van der Waals surface area contributed by atoms with Crippen molar-refractivity contribution in [2.75, 3.05) is 17.7 Å². The smallest absolute Gasteiger partial charge is 0.290 e. The molecule has 8 nitrogen and oxygen atoms in total. The lowest BCUT2D eigenvalue weighted by Crippen LogP contribution is -2.17. The SMILES string of the molecule is CC(C)(C)COc1cc(N)c(C=N)cc1Nc1ncnc2sc3c(c12)CCCC3.O=CO. The van der Waals surface area contributed by atoms with Gasteiger partial charge in [-0.25, -0.2) is 9.97 Å². The van der Waals surface area contributed by atoms with Gasteiger partial charge >= 0.3 is 0 Å². The van der Waals surface area contributed by atoms with Crippen molar-refractivity contribution in [3.05, 3.63) is 34.5 Å². The molecule has 0 radical (unpaired) electrons. The number of nitrogens with zero attached hydrogens (tertiary/aromatic N) is 2. The second-order valence-corrected chi connectivity index (χ2v) is 9.90. The molecule has 1 aliphatic rings. The minimum atomic E-state index is -0.250. The van der Waals surface area contributed by atoms with E-state index in [1.807, 2.05) is 6.07 Å². The molecule has 2 heterocycles. The van der Waals surface area contributed by atoms with Crippen molar-refractivity contribution in [3.63, 3.8) is 0 Å². The van der Waals surface area contributed by atoms with Gasteiger partial charge in [-0.3, -0.25) is 4.79 Å². The molecule has 0 saturated heterocycles. The lowest BCUT2D eigenvalue weighted by Gasteiger charge is -2.21. The normalized spacial score (nSPS) is 13.0. The van der Waals surface area contributed by atoms with E-state index in [0.29, 0.717) is 23.6 Å². The van der Waals surface area contributed by atoms with Gasteiger partial charge in [0, 0.05) is 28.4 Å². The molecule has 5 N–H and O–H groups in total. The van der Waals surface area contributed by atoms with E-state index < -0.39 is 0 Å². The van der Waals surface area contributed by atoms with Gasteiger partial charge in [-0.05, 0) is 42.7 Å². The van der Waals surface area contributed by atoms with E-state index in [2.05, 4.69) is 36.1 Å². The summed E-state index contributed by atoms with van der Waals surface area (Å²) in [4.78, 5) is 19.9. The number of thiophene rings is 1. The number of nitrogens with two attached hydrogens (primary N) is 1. The molecule has 0 saturated carbocycles. The fraction of sp³-hybridized carbons (Fsp3) is 0.391. The Morgan fingerprint density at radius 3 is 2.69 bits per heavy atom. The van der Waals surface area contributed by atoms with Gasteiger partial charge in [0.1, 0.15) is 22.7 Å². The van der Waals surface area contributed by atoms with E-state index in [4.69, 9.17) is 25.8 Å². The van der Waals surface area contributed by atoms with Gasteiger partial charge in [-0.1, -0.05) is 20.8 Å². The van der Waals surface area contributed by atoms with Gasteiger partial charge in [-0.15, -0.1) is 11.3 Å². The quantitative estimate of drug-likeness (QED) is 0.241. The van der Waals surface area contributed by atoms with Gasteiger partial charge in [0.25, 0.3) is 6.47 Å². The Hall–Kier alpha value is -3.20. The van der Waals surface area contributed by atoms with Crippen LogP contribution in [0.3, 0.4) is 0 Å². The zero-order valence-electron chi connectivity index (χ0n) is 18.6. The first-order valence-electron chi connectivity index (χ1n) is 10.4. The van der Waals surface area contributed by atoms with Crippen molar-refractivity contribution >= 4 is 51.4 Å². The van der Waals surface area contributed by atoms with Gasteiger partial charge < -0.3 is 26.3 Å². The molecule has 0 bridgehead atoms. The Kier molecular flexibility index (Phi) is 7.29. The summed E-state index contributed by atoms with van der Waals surface area (Å²) >= 11 is 1.77. The number of aromatic nitrogens is 2. The van der Waals surface area contributed by atoms with Gasteiger partial charge in [0.2, 0.25) is 0 Å². The Morgan fingerprint density at radius 2 is 2.00 bits per heavy atom. The van der Waals surface area contributed by atoms with E-state index in [9.17, 15) is 0 Å². The van der Waals surface area contributed by atoms with Crippen LogP contribution in [-0.4, -0.2) is 34.4 Å². The van der Waals surface area contributed by atoms with Crippen molar-refractivity contribution in [2.24, 2.45) is 5.41 Å². The topological polar surface area (TPSA) is 134 Å². The van der Waals surface area contributed by atoms with Crippen LogP contribution in [0.15, 0.2) is 18.5 Å². The van der Waals surface area contributed by atoms with Crippen LogP contribution in [0.5, 0.6) is 5.75 Å². The van der Waals surface area contributed by atoms with Crippen LogP contribution in [0.25, 0.3) is 10.2 Å². The highest BCUT2D eigenvalue weighted by Gasteiger charge is 2.21. The largest absolute Gasteiger partial charge is 0.491 e. The number of hydrogen-bond acceptors (Lipinski definition) is 8. The Balaban J connectivity index is 0.000000913. The van der Waals surface area contributed by atoms with Crippen molar-refractivity contribution in [1.82, 2.24) is 9.97 Å². The van der Waals surface area contributed by atoms with Crippen LogP contribution < -0.4 is 15.8 Å². The first kappa shape index (κ1) is 23.5. The summed E-state index contributed by atoms with van der Waals surface area (Å²) in [5, 5.41) is 19.1. The third-order valence-electron chi connectivity index (χ3n) is 5.01. The van der Waals surface area contributed by atoms with Gasteiger partial charge in [0.15, 0.2) is 0 Å². The number of carbonyl (C=O) groups is 1. The number of fused-ring (bicyclic) bond motifs is 3. The van der Waals surface area contributed by atoms with Gasteiger partial charge in [0.05, 0.1) is 17.7 Å². The van der Waals surface area contributed by atoms with Crippen LogP contribution in [0.2, 0.25) is 0 Å². The number of nitrogen functional groups attached to an aromatic ring is 1. The maximum atomic E-state index is 8.36. The van der Waals surface area contributed by atoms with Crippen LogP contribution in [0.4, 0.5) is 17.2 Å². The first-order valence-corrected chi connectivity index (χ1v) is 11.3. The summed E-state index contributed by atoms with van der Waals surface area (Å²) in [5.41, 5.74) is 9.44. The molecule has 1 aromatic carbocycles. The number of ether oxygens (including phenoxy) is 1. The van der Waals surface area contributed by atoms with E-state index >= 15 is 0 Å². The number of aryl methyl sites for hydroxylation is 2. The number of benzene rings is 1. The summed E-state index contributed by atoms with van der Waals surface area (Å²) < 4.78 is 6.10. The maximum absolute atomic E-state index is 8.36. The van der Waals surface area contributed by atoms with Crippen LogP contribution in [0, 0.1) is 10.8 Å². The van der Waals surface area contributed by atoms with Crippen LogP contribution in [0.1, 0.15) is 49.6 Å². The highest BCUT2D eigenvalue weighted by molar-refractivity contribution is 7.19. The number of carboxylic acid groups (broad SMARTS) is 1. The molecule has 32 heavy (non-hydrogen) atoms. The number of rotatable bonds is 5. The molecule has 0 spiro atoms. The minimum absolute atomic E-state index is 0.0147. The number of nitrogens with one attached hydrogen (secondary N) is 2. The summed E-state index contributed by atoms with van der Waals surface area (Å²) in [5.74, 6) is 1.45. The summed E-state index contributed by atoms with van der Waals surface area (Å²) in [7, 11) is 0. The van der Waals surface area contributed by atoms with E-state index in [1.54, 1.807) is 23.7 Å². The second-order valence-electron chi connectivity index (χ2n) is 8.81. The molecule has 1 aliphatic carbocycles. The minimum Gasteiger partial charge on any atom is -0.491 e. The lowest BCUT2D eigenvalue weighted by molar-refractivity contribution is -0.122. The molecule has 0 atom stereocenters. The van der Waals surface area contributed by atoms with Crippen molar-refractivity contribution in [1.29, 1.82) is 5.41 Å². The highest BCUT2D eigenvalue weighted by Crippen LogP contribution is 2.40. The fourth-order valence-electron chi connectivity index (χ4n) is 3.56. The molecule has 3 aromatic rings. The maximum Gasteiger partial charge on any atom is 0.290 e. The molecule has 0 fully saturated rings. The van der Waals surface area contributed by atoms with Crippen molar-refractivity contribution in [3.8, 4) is 5.75 Å². The number of anilines is 3. The van der Waals surface area contributed by atoms with Crippen LogP contribution in [-0.2, 0) is 17.6 Å². The zero-order chi connectivity index (χ0) is 23.3. The molecule has 2 aromatic heterocycles. The molecule has 170 valence electrons. The molecule has 4 rings (SSSR count). The first-order chi connectivity index (χ1) is 15.3. The molecular weight excluding hydrogens is 426 g/mol. The predicted molar refractivity (Wildman–Crippen MR) is 130 cm³/mol. The second kappa shape index (κ2) is 9.95. The summed E-state index contributed by atoms with van der Waals surface area (Å²) in [6.45, 7) is 6.68. The van der Waals surface area contributed by atoms with Gasteiger partial charge in [-0.2, -0.15) is 0 Å². The van der Waals surface area contributed by atoms with Crippen molar-refractivity contribution < 1.29 is 14.6 Å². The van der Waals surface area contributed by atoms with E-state index in [0.717, 1.165) is 34.6 Å². The average molecular weight is 456 g/mol. The number of hydrogen-bond donors (Lipinski definition) is 4. The summed E-state index contributed by atoms with van der Waals surface area (Å²) in [6.07, 6.45) is 7.50. The Bertz CT molecular complexity index is 1120.